The van der Waals surface area contributed by atoms with Crippen molar-refractivity contribution in [2.45, 2.75) is 32.6 Å². The van der Waals surface area contributed by atoms with Crippen molar-refractivity contribution in [1.82, 2.24) is 9.97 Å². The molecule has 0 unspecified atom stereocenters. The van der Waals surface area contributed by atoms with Gasteiger partial charge in [0.2, 0.25) is 0 Å². The number of benzene rings is 1. The summed E-state index contributed by atoms with van der Waals surface area (Å²) in [7, 11) is 0. The smallest absolute Gasteiger partial charge is 0.263 e. The molecule has 1 aromatic heterocycles. The molecule has 0 amide bonds. The molecule has 2 aromatic rings. The summed E-state index contributed by atoms with van der Waals surface area (Å²) in [6.45, 7) is 6.00. The molecular formula is C15H16BrF2N3. The lowest BCUT2D eigenvalue weighted by Crippen LogP contribution is -2.17. The van der Waals surface area contributed by atoms with Gasteiger partial charge in [0, 0.05) is 16.5 Å². The number of anilines is 1. The Kier molecular flexibility index (Phi) is 4.27. The highest BCUT2D eigenvalue weighted by Gasteiger charge is 2.23. The second-order valence-corrected chi connectivity index (χ2v) is 6.56. The van der Waals surface area contributed by atoms with Gasteiger partial charge in [-0.2, -0.15) is 0 Å². The molecule has 112 valence electrons. The molecule has 0 aliphatic heterocycles. The number of hydrogen-bond donors (Lipinski definition) is 1. The fourth-order valence-electron chi connectivity index (χ4n) is 1.90. The van der Waals surface area contributed by atoms with Crippen molar-refractivity contribution < 1.29 is 8.78 Å². The number of nitrogens with two attached hydrogens (primary N) is 1. The Labute approximate surface area is 130 Å². The predicted octanol–water partition coefficient (Wildman–Crippen LogP) is 4.72. The molecule has 0 bridgehead atoms. The summed E-state index contributed by atoms with van der Waals surface area (Å²) < 4.78 is 26.2. The first kappa shape index (κ1) is 15.8. The van der Waals surface area contributed by atoms with Crippen LogP contribution in [0.5, 0.6) is 0 Å². The van der Waals surface area contributed by atoms with E-state index in [9.17, 15) is 8.78 Å². The van der Waals surface area contributed by atoms with E-state index in [4.69, 9.17) is 5.73 Å². The number of nitrogen functional groups attached to an aromatic ring is 1. The van der Waals surface area contributed by atoms with Crippen LogP contribution >= 0.6 is 15.9 Å². The van der Waals surface area contributed by atoms with Gasteiger partial charge in [-0.15, -0.1) is 0 Å². The average molecular weight is 356 g/mol. The molecule has 0 radical (unpaired) electrons. The second-order valence-electron chi connectivity index (χ2n) is 5.77. The Morgan fingerprint density at radius 2 is 1.86 bits per heavy atom. The van der Waals surface area contributed by atoms with Crippen LogP contribution < -0.4 is 5.73 Å². The van der Waals surface area contributed by atoms with Gasteiger partial charge >= 0.3 is 0 Å². The molecule has 3 nitrogen and oxygen atoms in total. The Bertz CT molecular complexity index is 666. The van der Waals surface area contributed by atoms with Crippen LogP contribution in [0.1, 0.15) is 38.5 Å². The fourth-order valence-corrected chi connectivity index (χ4v) is 2.68. The summed E-state index contributed by atoms with van der Waals surface area (Å²) in [5, 5.41) is 0. The minimum Gasteiger partial charge on any atom is -0.383 e. The first-order valence-electron chi connectivity index (χ1n) is 6.42. The van der Waals surface area contributed by atoms with E-state index in [1.807, 2.05) is 20.8 Å². The van der Waals surface area contributed by atoms with Gasteiger partial charge in [-0.25, -0.2) is 18.7 Å². The second kappa shape index (κ2) is 5.67. The number of hydrogen-bond acceptors (Lipinski definition) is 3. The van der Waals surface area contributed by atoms with Crippen molar-refractivity contribution >= 4 is 21.7 Å². The first-order valence-corrected chi connectivity index (χ1v) is 7.21. The largest absolute Gasteiger partial charge is 0.383 e. The maximum absolute atomic E-state index is 12.8. The summed E-state index contributed by atoms with van der Waals surface area (Å²) in [4.78, 5) is 8.68. The molecule has 0 saturated heterocycles. The third-order valence-corrected chi connectivity index (χ3v) is 3.77. The van der Waals surface area contributed by atoms with Crippen molar-refractivity contribution in [3.8, 4) is 11.4 Å². The molecule has 6 heteroatoms. The number of alkyl halides is 2. The van der Waals surface area contributed by atoms with Gasteiger partial charge in [0.1, 0.15) is 5.82 Å². The summed E-state index contributed by atoms with van der Waals surface area (Å²) in [6, 6.07) is 6.02. The van der Waals surface area contributed by atoms with Crippen molar-refractivity contribution in [3.63, 3.8) is 0 Å². The molecule has 2 N–H and O–H groups in total. The summed E-state index contributed by atoms with van der Waals surface area (Å²) in [6.07, 6.45) is -2.53. The number of nitrogens with zero attached hydrogens (tertiary/aromatic N) is 2. The van der Waals surface area contributed by atoms with E-state index in [0.29, 0.717) is 21.7 Å². The van der Waals surface area contributed by atoms with Crippen LogP contribution in [0.3, 0.4) is 0 Å². The van der Waals surface area contributed by atoms with E-state index < -0.39 is 6.43 Å². The highest BCUT2D eigenvalue weighted by atomic mass is 79.9. The van der Waals surface area contributed by atoms with Gasteiger partial charge in [0.05, 0.1) is 10.2 Å². The Hall–Kier alpha value is -1.56. The van der Waals surface area contributed by atoms with Crippen LogP contribution in [0.2, 0.25) is 0 Å². The molecule has 0 atom stereocenters. The maximum atomic E-state index is 12.8. The Balaban J connectivity index is 2.60. The zero-order chi connectivity index (χ0) is 15.8. The van der Waals surface area contributed by atoms with Crippen LogP contribution in [-0.2, 0) is 5.41 Å². The van der Waals surface area contributed by atoms with Gasteiger partial charge in [-0.1, -0.05) is 39.0 Å². The predicted molar refractivity (Wildman–Crippen MR) is 83.2 cm³/mol. The molecule has 0 aliphatic rings. The van der Waals surface area contributed by atoms with E-state index in [2.05, 4.69) is 25.9 Å². The topological polar surface area (TPSA) is 51.8 Å². The third kappa shape index (κ3) is 3.37. The highest BCUT2D eigenvalue weighted by molar-refractivity contribution is 9.10. The highest BCUT2D eigenvalue weighted by Crippen LogP contribution is 2.33. The summed E-state index contributed by atoms with van der Waals surface area (Å²) in [5.41, 5.74) is 6.87. The van der Waals surface area contributed by atoms with Crippen molar-refractivity contribution in [2.24, 2.45) is 0 Å². The normalized spacial score (nSPS) is 12.0. The van der Waals surface area contributed by atoms with E-state index in [1.165, 1.54) is 12.1 Å². The van der Waals surface area contributed by atoms with Gasteiger partial charge < -0.3 is 5.73 Å². The number of aromatic nitrogens is 2. The molecule has 0 spiro atoms. The van der Waals surface area contributed by atoms with Gasteiger partial charge in [0.15, 0.2) is 5.82 Å². The first-order chi connectivity index (χ1) is 9.70. The van der Waals surface area contributed by atoms with Crippen LogP contribution in [0.25, 0.3) is 11.4 Å². The quantitative estimate of drug-likeness (QED) is 0.847. The molecular weight excluding hydrogens is 340 g/mol. The molecule has 2 rings (SSSR count). The monoisotopic (exact) mass is 355 g/mol. The van der Waals surface area contributed by atoms with Gasteiger partial charge in [-0.3, -0.25) is 0 Å². The van der Waals surface area contributed by atoms with Crippen LogP contribution in [0, 0.1) is 0 Å². The zero-order valence-electron chi connectivity index (χ0n) is 12.0. The SMILES string of the molecule is CC(C)(C)c1nc(-c2cccc(C(F)F)c2)nc(N)c1Br. The fraction of sp³-hybridized carbons (Fsp3) is 0.333. The molecule has 1 heterocycles. The van der Waals surface area contributed by atoms with Gasteiger partial charge in [-0.05, 0) is 22.0 Å². The lowest BCUT2D eigenvalue weighted by Gasteiger charge is -2.21. The Morgan fingerprint density at radius 3 is 2.43 bits per heavy atom. The Morgan fingerprint density at radius 1 is 1.19 bits per heavy atom. The van der Waals surface area contributed by atoms with E-state index >= 15 is 0 Å². The molecule has 0 aliphatic carbocycles. The van der Waals surface area contributed by atoms with E-state index in [0.717, 1.165) is 5.69 Å². The lowest BCUT2D eigenvalue weighted by molar-refractivity contribution is 0.151. The average Bonchev–Trinajstić information content (AvgIpc) is 2.40. The van der Waals surface area contributed by atoms with E-state index in [-0.39, 0.29) is 11.0 Å². The molecule has 21 heavy (non-hydrogen) atoms. The molecule has 1 aromatic carbocycles. The standard InChI is InChI=1S/C15H16BrF2N3/c1-15(2,3)11-10(16)13(19)21-14(20-11)9-6-4-5-8(7-9)12(17)18/h4-7,12H,1-3H3,(H2,19,20,21). The molecule has 0 fully saturated rings. The van der Waals surface area contributed by atoms with Gasteiger partial charge in [0.25, 0.3) is 6.43 Å². The van der Waals surface area contributed by atoms with Crippen LogP contribution in [0.4, 0.5) is 14.6 Å². The molecule has 0 saturated carbocycles. The lowest BCUT2D eigenvalue weighted by atomic mass is 9.91. The maximum Gasteiger partial charge on any atom is 0.263 e. The summed E-state index contributed by atoms with van der Waals surface area (Å²) in [5.74, 6) is 0.649. The zero-order valence-corrected chi connectivity index (χ0v) is 13.6. The number of rotatable bonds is 2. The van der Waals surface area contributed by atoms with Crippen molar-refractivity contribution in [1.29, 1.82) is 0 Å². The van der Waals surface area contributed by atoms with Crippen LogP contribution in [0.15, 0.2) is 28.7 Å². The van der Waals surface area contributed by atoms with E-state index in [1.54, 1.807) is 12.1 Å². The van der Waals surface area contributed by atoms with Crippen molar-refractivity contribution in [2.75, 3.05) is 5.73 Å². The third-order valence-electron chi connectivity index (χ3n) is 2.98. The number of halogens is 3. The minimum atomic E-state index is -2.53. The summed E-state index contributed by atoms with van der Waals surface area (Å²) >= 11 is 3.39. The van der Waals surface area contributed by atoms with Crippen molar-refractivity contribution in [3.05, 3.63) is 40.0 Å². The minimum absolute atomic E-state index is 0.0603. The van der Waals surface area contributed by atoms with Crippen LogP contribution in [-0.4, -0.2) is 9.97 Å².